The van der Waals surface area contributed by atoms with Crippen LogP contribution in [0.1, 0.15) is 135 Å². The van der Waals surface area contributed by atoms with E-state index in [9.17, 15) is 28.8 Å². The van der Waals surface area contributed by atoms with E-state index in [0.717, 1.165) is 19.3 Å². The molecule has 0 fully saturated rings. The minimum Gasteiger partial charge on any atom is -0.464 e. The second-order valence-electron chi connectivity index (χ2n) is 21.1. The van der Waals surface area contributed by atoms with E-state index in [1.807, 2.05) is 27.7 Å². The molecule has 12 heteroatoms. The van der Waals surface area contributed by atoms with E-state index in [2.05, 4.69) is 98.8 Å². The zero-order valence-electron chi connectivity index (χ0n) is 40.8. The summed E-state index contributed by atoms with van der Waals surface area (Å²) in [5, 5.41) is -0.275. The Kier molecular flexibility index (Phi) is 21.4. The highest BCUT2D eigenvalue weighted by molar-refractivity contribution is 8.01. The van der Waals surface area contributed by atoms with Gasteiger partial charge in [0, 0.05) is 52.8 Å². The smallest absolute Gasteiger partial charge is 0.315 e. The van der Waals surface area contributed by atoms with Crippen LogP contribution in [0, 0.1) is 57.2 Å². The summed E-state index contributed by atoms with van der Waals surface area (Å²) < 4.78 is 17.4. The maximum atomic E-state index is 13.4. The number of Topliss-reactive ketones (excluding diaryl/α,β-unsaturated/α-hetero) is 3. The summed E-state index contributed by atoms with van der Waals surface area (Å²) >= 11 is 4.12. The van der Waals surface area contributed by atoms with Crippen molar-refractivity contribution in [3.63, 3.8) is 0 Å². The molecule has 0 aromatic heterocycles. The van der Waals surface area contributed by atoms with Crippen LogP contribution in [0.5, 0.6) is 0 Å². The fourth-order valence-corrected chi connectivity index (χ4v) is 12.4. The Morgan fingerprint density at radius 3 is 1.00 bits per heavy atom. The van der Waals surface area contributed by atoms with E-state index in [-0.39, 0.29) is 122 Å². The van der Waals surface area contributed by atoms with Gasteiger partial charge in [-0.15, -0.1) is 35.3 Å². The molecule has 0 aromatic carbocycles. The molecule has 0 radical (unpaired) electrons. The number of hydrogen-bond donors (Lipinski definition) is 0. The maximum absolute atomic E-state index is 13.4. The SMILES string of the molecule is CCC(COC(=O)CSC(C)CC(=O)[C@H]1[C@H](C)C=CCC1(C)C)(COC(=O)CS[C@H](C)CC(=O)[C@H]1[C@H](C)C=CCC1(C)C)COC(=O)CS[C@@H](C)CC(=O)C1C(C)C=CCC1(C)C. The van der Waals surface area contributed by atoms with Gasteiger partial charge in [0.05, 0.1) is 22.7 Å². The summed E-state index contributed by atoms with van der Waals surface area (Å²) in [4.78, 5) is 79.8. The van der Waals surface area contributed by atoms with Crippen LogP contribution in [0.4, 0.5) is 0 Å². The summed E-state index contributed by atoms with van der Waals surface area (Å²) in [5.41, 5.74) is -1.37. The molecule has 3 aliphatic rings. The van der Waals surface area contributed by atoms with E-state index >= 15 is 0 Å². The van der Waals surface area contributed by atoms with Crippen LogP contribution >= 0.6 is 35.3 Å². The predicted molar refractivity (Wildman–Crippen MR) is 261 cm³/mol. The van der Waals surface area contributed by atoms with E-state index in [0.29, 0.717) is 25.7 Å². The molecular formula is C51H80O9S3. The summed E-state index contributed by atoms with van der Waals surface area (Å²) in [6.45, 7) is 26.4. The van der Waals surface area contributed by atoms with Crippen molar-refractivity contribution in [2.45, 2.75) is 151 Å². The van der Waals surface area contributed by atoms with Gasteiger partial charge in [-0.3, -0.25) is 28.8 Å². The van der Waals surface area contributed by atoms with Gasteiger partial charge in [-0.05, 0) is 59.7 Å². The number of rotatable bonds is 25. The average molecular weight is 933 g/mol. The number of hydrogen-bond acceptors (Lipinski definition) is 12. The van der Waals surface area contributed by atoms with Gasteiger partial charge in [0.1, 0.15) is 37.2 Å². The Morgan fingerprint density at radius 1 is 0.524 bits per heavy atom. The van der Waals surface area contributed by atoms with Gasteiger partial charge in [0.15, 0.2) is 0 Å². The molecule has 63 heavy (non-hydrogen) atoms. The van der Waals surface area contributed by atoms with Crippen LogP contribution in [0.15, 0.2) is 36.5 Å². The number of carbonyl (C=O) groups is 6. The lowest BCUT2D eigenvalue weighted by molar-refractivity contribution is -0.159. The minimum absolute atomic E-state index is 0.0397. The second kappa shape index (κ2) is 24.5. The summed E-state index contributed by atoms with van der Waals surface area (Å²) in [6.07, 6.45) is 16.9. The van der Waals surface area contributed by atoms with Crippen LogP contribution in [0.3, 0.4) is 0 Å². The Labute approximate surface area is 393 Å². The molecule has 0 aliphatic heterocycles. The van der Waals surface area contributed by atoms with Crippen LogP contribution in [0.2, 0.25) is 0 Å². The van der Waals surface area contributed by atoms with Crippen molar-refractivity contribution in [2.24, 2.45) is 57.2 Å². The Balaban J connectivity index is 1.59. The van der Waals surface area contributed by atoms with Crippen molar-refractivity contribution < 1.29 is 43.0 Å². The number of allylic oxidation sites excluding steroid dienone is 6. The first-order chi connectivity index (χ1) is 29.3. The number of carbonyl (C=O) groups excluding carboxylic acids is 6. The topological polar surface area (TPSA) is 130 Å². The molecule has 0 spiro atoms. The lowest BCUT2D eigenvalue weighted by atomic mass is 9.65. The molecule has 0 saturated carbocycles. The van der Waals surface area contributed by atoms with Gasteiger partial charge < -0.3 is 14.2 Å². The fourth-order valence-electron chi connectivity index (χ4n) is 10.1. The highest BCUT2D eigenvalue weighted by Crippen LogP contribution is 2.44. The normalized spacial score (nSPS) is 27.0. The van der Waals surface area contributed by atoms with Gasteiger partial charge in [-0.1, -0.05) is 126 Å². The van der Waals surface area contributed by atoms with Crippen molar-refractivity contribution in [2.75, 3.05) is 37.1 Å². The first kappa shape index (κ1) is 55.0. The molecule has 9 nitrogen and oxygen atoms in total. The largest absolute Gasteiger partial charge is 0.464 e. The molecule has 3 aliphatic carbocycles. The molecule has 3 rings (SSSR count). The van der Waals surface area contributed by atoms with Gasteiger partial charge in [0.25, 0.3) is 0 Å². The van der Waals surface area contributed by atoms with Crippen LogP contribution in [-0.2, 0) is 43.0 Å². The van der Waals surface area contributed by atoms with E-state index in [1.165, 1.54) is 35.3 Å². The highest BCUT2D eigenvalue weighted by atomic mass is 32.2. The van der Waals surface area contributed by atoms with Crippen molar-refractivity contribution in [3.8, 4) is 0 Å². The summed E-state index contributed by atoms with van der Waals surface area (Å²) in [7, 11) is 0. The third kappa shape index (κ3) is 16.8. The molecule has 356 valence electrons. The Hall–Kier alpha value is -2.31. The molecule has 0 aromatic rings. The van der Waals surface area contributed by atoms with Crippen molar-refractivity contribution in [1.29, 1.82) is 0 Å². The van der Waals surface area contributed by atoms with Crippen molar-refractivity contribution in [3.05, 3.63) is 36.5 Å². The molecule has 4 unspecified atom stereocenters. The lowest BCUT2D eigenvalue weighted by Gasteiger charge is -2.39. The molecule has 0 N–H and O–H groups in total. The van der Waals surface area contributed by atoms with Crippen LogP contribution in [0.25, 0.3) is 0 Å². The first-order valence-corrected chi connectivity index (χ1v) is 26.4. The van der Waals surface area contributed by atoms with E-state index < -0.39 is 23.3 Å². The fraction of sp³-hybridized carbons (Fsp3) is 0.765. The van der Waals surface area contributed by atoms with Crippen molar-refractivity contribution in [1.82, 2.24) is 0 Å². The third-order valence-corrected chi connectivity index (χ3v) is 17.1. The minimum atomic E-state index is -1.01. The molecule has 0 bridgehead atoms. The standard InChI is InChI=1S/C51H80O9S3/c1-14-51(30-58-42(55)27-61-36(5)24-39(52)45-33(2)18-15-21-48(45,8)9,31-59-43(56)28-62-37(6)25-40(53)46-34(3)19-16-22-49(46,10)11)32-60-44(57)29-63-38(7)26-41(54)47-35(4)20-17-23-50(47,12)13/h15-20,33-38,45-47H,14,21-32H2,1-13H3/t33-,34-,35?,36-,37?,38+,45-,46-,47?,51?/m1/s1. The molecule has 0 saturated heterocycles. The molecular weight excluding hydrogens is 853 g/mol. The van der Waals surface area contributed by atoms with Crippen molar-refractivity contribution >= 4 is 70.5 Å². The number of esters is 3. The average Bonchev–Trinajstić information content (AvgIpc) is 3.17. The van der Waals surface area contributed by atoms with Crippen LogP contribution < -0.4 is 0 Å². The number of thioether (sulfide) groups is 3. The summed E-state index contributed by atoms with van der Waals surface area (Å²) in [5.74, 6) is -0.419. The van der Waals surface area contributed by atoms with Gasteiger partial charge >= 0.3 is 17.9 Å². The predicted octanol–water partition coefficient (Wildman–Crippen LogP) is 11.0. The van der Waals surface area contributed by atoms with Gasteiger partial charge in [0.2, 0.25) is 0 Å². The Bertz CT molecular complexity index is 1490. The van der Waals surface area contributed by atoms with E-state index in [4.69, 9.17) is 14.2 Å². The first-order valence-electron chi connectivity index (χ1n) is 23.2. The monoisotopic (exact) mass is 932 g/mol. The molecule has 10 atom stereocenters. The van der Waals surface area contributed by atoms with Gasteiger partial charge in [-0.25, -0.2) is 0 Å². The lowest BCUT2D eigenvalue weighted by Crippen LogP contribution is -2.40. The molecule has 0 heterocycles. The van der Waals surface area contributed by atoms with Gasteiger partial charge in [-0.2, -0.15) is 0 Å². The zero-order chi connectivity index (χ0) is 47.3. The Morgan fingerprint density at radius 2 is 0.778 bits per heavy atom. The van der Waals surface area contributed by atoms with Crippen LogP contribution in [-0.4, -0.2) is 88.1 Å². The third-order valence-electron chi connectivity index (χ3n) is 13.7. The molecule has 0 amide bonds. The summed E-state index contributed by atoms with van der Waals surface area (Å²) in [6, 6.07) is 0. The number of ketones is 3. The van der Waals surface area contributed by atoms with E-state index in [1.54, 1.807) is 0 Å². The number of ether oxygens (including phenoxy) is 3. The maximum Gasteiger partial charge on any atom is 0.315 e. The quantitative estimate of drug-likeness (QED) is 0.0491. The highest BCUT2D eigenvalue weighted by Gasteiger charge is 2.42. The zero-order valence-corrected chi connectivity index (χ0v) is 43.2. The second-order valence-corrected chi connectivity index (χ2v) is 25.4.